The van der Waals surface area contributed by atoms with Crippen LogP contribution in [0.2, 0.25) is 0 Å². The Kier molecular flexibility index (Phi) is 3.17. The summed E-state index contributed by atoms with van der Waals surface area (Å²) in [5, 5.41) is 2.51. The number of cyclic esters (lactones) is 1. The summed E-state index contributed by atoms with van der Waals surface area (Å²) in [6, 6.07) is -0.607. The lowest BCUT2D eigenvalue weighted by molar-refractivity contribution is -0.147. The highest BCUT2D eigenvalue weighted by atomic mass is 16.6. The second kappa shape index (κ2) is 3.96. The summed E-state index contributed by atoms with van der Waals surface area (Å²) in [6.45, 7) is 8.92. The molecule has 0 radical (unpaired) electrons. The van der Waals surface area contributed by atoms with Gasteiger partial charge in [0.15, 0.2) is 0 Å². The van der Waals surface area contributed by atoms with Gasteiger partial charge in [0.05, 0.1) is 0 Å². The normalized spacial score (nSPS) is 23.8. The SMILES string of the molecule is CC(C)(C)OC(=O)NC1CC(C)(C)OC1=O. The zero-order valence-electron chi connectivity index (χ0n) is 10.4. The number of ether oxygens (including phenoxy) is 2. The molecule has 0 saturated carbocycles. The van der Waals surface area contributed by atoms with Gasteiger partial charge < -0.3 is 14.8 Å². The van der Waals surface area contributed by atoms with Crippen LogP contribution in [0.25, 0.3) is 0 Å². The van der Waals surface area contributed by atoms with E-state index >= 15 is 0 Å². The molecule has 0 aromatic carbocycles. The maximum Gasteiger partial charge on any atom is 0.408 e. The van der Waals surface area contributed by atoms with Crippen molar-refractivity contribution >= 4 is 12.1 Å². The van der Waals surface area contributed by atoms with Crippen LogP contribution in [0.3, 0.4) is 0 Å². The quantitative estimate of drug-likeness (QED) is 0.694. The fourth-order valence-corrected chi connectivity index (χ4v) is 1.52. The number of carbonyl (C=O) groups is 2. The van der Waals surface area contributed by atoms with Crippen molar-refractivity contribution in [3.05, 3.63) is 0 Å². The monoisotopic (exact) mass is 229 g/mol. The van der Waals surface area contributed by atoms with Crippen molar-refractivity contribution in [2.75, 3.05) is 0 Å². The summed E-state index contributed by atoms with van der Waals surface area (Å²) in [6.07, 6.45) is -0.127. The fourth-order valence-electron chi connectivity index (χ4n) is 1.52. The number of hydrogen-bond acceptors (Lipinski definition) is 4. The average molecular weight is 229 g/mol. The molecular formula is C11H19NO4. The zero-order chi connectivity index (χ0) is 12.6. The topological polar surface area (TPSA) is 64.6 Å². The second-order valence-corrected chi connectivity index (χ2v) is 5.58. The van der Waals surface area contributed by atoms with E-state index in [0.29, 0.717) is 6.42 Å². The summed E-state index contributed by atoms with van der Waals surface area (Å²) in [5.74, 6) is -0.407. The highest BCUT2D eigenvalue weighted by Gasteiger charge is 2.41. The van der Waals surface area contributed by atoms with E-state index in [1.54, 1.807) is 20.8 Å². The number of alkyl carbamates (subject to hydrolysis) is 1. The smallest absolute Gasteiger partial charge is 0.408 e. The highest BCUT2D eigenvalue weighted by molar-refractivity contribution is 5.83. The van der Waals surface area contributed by atoms with Crippen LogP contribution >= 0.6 is 0 Å². The predicted octanol–water partition coefficient (Wildman–Crippen LogP) is 1.61. The van der Waals surface area contributed by atoms with Crippen molar-refractivity contribution in [2.45, 2.75) is 58.3 Å². The molecule has 0 spiro atoms. The molecule has 1 amide bonds. The van der Waals surface area contributed by atoms with Gasteiger partial charge in [-0.15, -0.1) is 0 Å². The van der Waals surface area contributed by atoms with Crippen molar-refractivity contribution in [3.63, 3.8) is 0 Å². The molecule has 1 unspecified atom stereocenters. The van der Waals surface area contributed by atoms with Crippen molar-refractivity contribution in [3.8, 4) is 0 Å². The van der Waals surface area contributed by atoms with Gasteiger partial charge in [0, 0.05) is 6.42 Å². The van der Waals surface area contributed by atoms with Gasteiger partial charge in [-0.05, 0) is 34.6 Å². The number of amides is 1. The van der Waals surface area contributed by atoms with Crippen LogP contribution < -0.4 is 5.32 Å². The van der Waals surface area contributed by atoms with E-state index in [4.69, 9.17) is 9.47 Å². The fraction of sp³-hybridized carbons (Fsp3) is 0.818. The first-order valence-corrected chi connectivity index (χ1v) is 5.31. The van der Waals surface area contributed by atoms with Gasteiger partial charge in [0.2, 0.25) is 0 Å². The van der Waals surface area contributed by atoms with Gasteiger partial charge in [-0.25, -0.2) is 9.59 Å². The van der Waals surface area contributed by atoms with Crippen molar-refractivity contribution in [1.82, 2.24) is 5.32 Å². The molecule has 5 nitrogen and oxygen atoms in total. The minimum Gasteiger partial charge on any atom is -0.458 e. The molecule has 1 fully saturated rings. The lowest BCUT2D eigenvalue weighted by Crippen LogP contribution is -2.41. The summed E-state index contributed by atoms with van der Waals surface area (Å²) in [4.78, 5) is 22.8. The Morgan fingerprint density at radius 3 is 2.44 bits per heavy atom. The molecular weight excluding hydrogens is 210 g/mol. The molecule has 5 heteroatoms. The standard InChI is InChI=1S/C11H19NO4/c1-10(2,3)16-9(14)12-7-6-11(4,5)15-8(7)13/h7H,6H2,1-5H3,(H,12,14). The third-order valence-electron chi connectivity index (χ3n) is 2.05. The first kappa shape index (κ1) is 12.8. The van der Waals surface area contributed by atoms with Crippen LogP contribution in [-0.4, -0.2) is 29.3 Å². The summed E-state index contributed by atoms with van der Waals surface area (Å²) in [5.41, 5.74) is -1.08. The first-order chi connectivity index (χ1) is 7.09. The number of carbonyl (C=O) groups excluding carboxylic acids is 2. The largest absolute Gasteiger partial charge is 0.458 e. The molecule has 1 rings (SSSR count). The van der Waals surface area contributed by atoms with Crippen LogP contribution in [0.1, 0.15) is 41.0 Å². The maximum atomic E-state index is 11.4. The highest BCUT2D eigenvalue weighted by Crippen LogP contribution is 2.25. The van der Waals surface area contributed by atoms with Crippen LogP contribution in [-0.2, 0) is 14.3 Å². The molecule has 0 aromatic heterocycles. The van der Waals surface area contributed by atoms with Crippen LogP contribution in [0.4, 0.5) is 4.79 Å². The van der Waals surface area contributed by atoms with Gasteiger partial charge in [-0.3, -0.25) is 0 Å². The Hall–Kier alpha value is -1.26. The summed E-state index contributed by atoms with van der Waals surface area (Å²) in [7, 11) is 0. The van der Waals surface area contributed by atoms with Crippen molar-refractivity contribution < 1.29 is 19.1 Å². The van der Waals surface area contributed by atoms with E-state index in [0.717, 1.165) is 0 Å². The summed E-state index contributed by atoms with van der Waals surface area (Å²) < 4.78 is 10.1. The first-order valence-electron chi connectivity index (χ1n) is 5.31. The Bertz CT molecular complexity index is 304. The summed E-state index contributed by atoms with van der Waals surface area (Å²) >= 11 is 0. The molecule has 16 heavy (non-hydrogen) atoms. The van der Waals surface area contributed by atoms with Crippen LogP contribution in [0.15, 0.2) is 0 Å². The number of nitrogens with one attached hydrogen (secondary N) is 1. The van der Waals surface area contributed by atoms with E-state index in [2.05, 4.69) is 5.32 Å². The molecule has 1 atom stereocenters. The third kappa shape index (κ3) is 3.72. The Balaban J connectivity index is 2.50. The molecule has 0 aromatic rings. The lowest BCUT2D eigenvalue weighted by Gasteiger charge is -2.20. The van der Waals surface area contributed by atoms with Gasteiger partial charge in [0.1, 0.15) is 17.2 Å². The lowest BCUT2D eigenvalue weighted by atomic mass is 10.0. The maximum absolute atomic E-state index is 11.4. The van der Waals surface area contributed by atoms with Crippen LogP contribution in [0.5, 0.6) is 0 Å². The number of rotatable bonds is 1. The minimum atomic E-state index is -0.607. The second-order valence-electron chi connectivity index (χ2n) is 5.58. The molecule has 0 bridgehead atoms. The zero-order valence-corrected chi connectivity index (χ0v) is 10.4. The Morgan fingerprint density at radius 2 is 2.06 bits per heavy atom. The molecule has 1 saturated heterocycles. The van der Waals surface area contributed by atoms with Gasteiger partial charge >= 0.3 is 12.1 Å². The van der Waals surface area contributed by atoms with E-state index in [1.807, 2.05) is 13.8 Å². The minimum absolute atomic E-state index is 0.407. The van der Waals surface area contributed by atoms with E-state index in [1.165, 1.54) is 0 Å². The number of hydrogen-bond donors (Lipinski definition) is 1. The van der Waals surface area contributed by atoms with E-state index < -0.39 is 29.3 Å². The van der Waals surface area contributed by atoms with Gasteiger partial charge in [0.25, 0.3) is 0 Å². The van der Waals surface area contributed by atoms with Crippen molar-refractivity contribution in [1.29, 1.82) is 0 Å². The van der Waals surface area contributed by atoms with Gasteiger partial charge in [-0.1, -0.05) is 0 Å². The third-order valence-corrected chi connectivity index (χ3v) is 2.05. The number of esters is 1. The predicted molar refractivity (Wildman–Crippen MR) is 57.9 cm³/mol. The molecule has 1 heterocycles. The average Bonchev–Trinajstić information content (AvgIpc) is 2.19. The van der Waals surface area contributed by atoms with E-state index in [9.17, 15) is 9.59 Å². The van der Waals surface area contributed by atoms with Crippen LogP contribution in [0, 0.1) is 0 Å². The van der Waals surface area contributed by atoms with E-state index in [-0.39, 0.29) is 0 Å². The molecule has 0 aliphatic carbocycles. The van der Waals surface area contributed by atoms with Crippen molar-refractivity contribution in [2.24, 2.45) is 0 Å². The molecule has 1 aliphatic rings. The molecule has 92 valence electrons. The molecule has 1 aliphatic heterocycles. The molecule has 1 N–H and O–H groups in total. The Morgan fingerprint density at radius 1 is 1.50 bits per heavy atom. The Labute approximate surface area is 95.5 Å². The van der Waals surface area contributed by atoms with Gasteiger partial charge in [-0.2, -0.15) is 0 Å².